The minimum absolute atomic E-state index is 0.184. The second-order valence-electron chi connectivity index (χ2n) is 4.61. The number of fused-ring (bicyclic) bond motifs is 1. The maximum Gasteiger partial charge on any atom is 0.306 e. The van der Waals surface area contributed by atoms with Gasteiger partial charge in [-0.05, 0) is 30.4 Å². The molecular formula is C14H18O2S. The molecule has 0 bridgehead atoms. The van der Waals surface area contributed by atoms with Crippen LogP contribution in [0.1, 0.15) is 37.7 Å². The maximum absolute atomic E-state index is 11.2. The molecule has 0 aromatic heterocycles. The van der Waals surface area contributed by atoms with Crippen LogP contribution in [0.15, 0.2) is 29.2 Å². The smallest absolute Gasteiger partial charge is 0.306 e. The molecule has 2 nitrogen and oxygen atoms in total. The highest BCUT2D eigenvalue weighted by Gasteiger charge is 2.28. The minimum Gasteiger partial charge on any atom is -0.481 e. The van der Waals surface area contributed by atoms with E-state index in [9.17, 15) is 9.90 Å². The third-order valence-corrected chi connectivity index (χ3v) is 4.61. The number of aliphatic carboxylic acids is 1. The molecule has 0 fully saturated rings. The van der Waals surface area contributed by atoms with Crippen molar-refractivity contribution in [3.8, 4) is 0 Å². The van der Waals surface area contributed by atoms with Crippen LogP contribution in [-0.4, -0.2) is 16.8 Å². The normalized spacial score (nSPS) is 19.9. The van der Waals surface area contributed by atoms with E-state index in [1.807, 2.05) is 24.8 Å². The molecule has 2 unspecified atom stereocenters. The molecule has 1 heterocycles. The molecule has 0 radical (unpaired) electrons. The number of carboxylic acids is 1. The monoisotopic (exact) mass is 250 g/mol. The summed E-state index contributed by atoms with van der Waals surface area (Å²) in [6.45, 7) is 2.05. The largest absolute Gasteiger partial charge is 0.481 e. The fraction of sp³-hybridized carbons (Fsp3) is 0.500. The second kappa shape index (κ2) is 5.58. The van der Waals surface area contributed by atoms with E-state index in [-0.39, 0.29) is 5.92 Å². The predicted octanol–water partition coefficient (Wildman–Crippen LogP) is 3.77. The Kier molecular flexibility index (Phi) is 4.11. The number of carbonyl (C=O) groups is 1. The van der Waals surface area contributed by atoms with Crippen LogP contribution < -0.4 is 0 Å². The van der Waals surface area contributed by atoms with Crippen molar-refractivity contribution in [1.82, 2.24) is 0 Å². The van der Waals surface area contributed by atoms with Gasteiger partial charge < -0.3 is 5.11 Å². The molecule has 3 heteroatoms. The summed E-state index contributed by atoms with van der Waals surface area (Å²) in [6, 6.07) is 8.38. The minimum atomic E-state index is -0.638. The number of hydrogen-bond donors (Lipinski definition) is 1. The van der Waals surface area contributed by atoms with Gasteiger partial charge in [0, 0.05) is 10.6 Å². The lowest BCUT2D eigenvalue weighted by atomic mass is 9.88. The maximum atomic E-state index is 11.2. The molecule has 0 saturated carbocycles. The van der Waals surface area contributed by atoms with E-state index in [4.69, 9.17) is 0 Å². The van der Waals surface area contributed by atoms with Gasteiger partial charge in [0.15, 0.2) is 0 Å². The summed E-state index contributed by atoms with van der Waals surface area (Å²) in [6.07, 6.45) is 2.52. The summed E-state index contributed by atoms with van der Waals surface area (Å²) in [5.74, 6) is 0.633. The van der Waals surface area contributed by atoms with E-state index >= 15 is 0 Å². The first-order valence-corrected chi connectivity index (χ1v) is 7.15. The first kappa shape index (κ1) is 12.5. The first-order chi connectivity index (χ1) is 8.22. The van der Waals surface area contributed by atoms with Crippen molar-refractivity contribution in [3.05, 3.63) is 29.8 Å². The van der Waals surface area contributed by atoms with E-state index in [1.54, 1.807) is 0 Å². The molecule has 92 valence electrons. The zero-order chi connectivity index (χ0) is 12.3. The van der Waals surface area contributed by atoms with E-state index in [0.29, 0.717) is 5.92 Å². The van der Waals surface area contributed by atoms with Gasteiger partial charge in [0.2, 0.25) is 0 Å². The summed E-state index contributed by atoms with van der Waals surface area (Å²) in [5.41, 5.74) is 1.35. The van der Waals surface area contributed by atoms with E-state index in [0.717, 1.165) is 25.0 Å². The molecule has 1 aliphatic rings. The molecule has 1 aromatic carbocycles. The van der Waals surface area contributed by atoms with Gasteiger partial charge in [-0.1, -0.05) is 31.5 Å². The van der Waals surface area contributed by atoms with Crippen LogP contribution in [-0.2, 0) is 4.79 Å². The van der Waals surface area contributed by atoms with Gasteiger partial charge in [0.05, 0.1) is 5.92 Å². The zero-order valence-electron chi connectivity index (χ0n) is 10.1. The van der Waals surface area contributed by atoms with Crippen molar-refractivity contribution in [1.29, 1.82) is 0 Å². The summed E-state index contributed by atoms with van der Waals surface area (Å²) in [4.78, 5) is 12.5. The Hall–Kier alpha value is -0.960. The number of thioether (sulfide) groups is 1. The van der Waals surface area contributed by atoms with Crippen molar-refractivity contribution in [2.24, 2.45) is 5.92 Å². The molecule has 2 atom stereocenters. The molecule has 17 heavy (non-hydrogen) atoms. The van der Waals surface area contributed by atoms with Gasteiger partial charge in [0.25, 0.3) is 0 Å². The van der Waals surface area contributed by atoms with Gasteiger partial charge in [-0.3, -0.25) is 4.79 Å². The summed E-state index contributed by atoms with van der Waals surface area (Å²) < 4.78 is 0. The van der Waals surface area contributed by atoms with Gasteiger partial charge in [-0.15, -0.1) is 11.8 Å². The predicted molar refractivity (Wildman–Crippen MR) is 70.6 cm³/mol. The average Bonchev–Trinajstić information content (AvgIpc) is 2.72. The lowest BCUT2D eigenvalue weighted by molar-refractivity contribution is -0.142. The number of rotatable bonds is 5. The number of carboxylic acid groups (broad SMARTS) is 1. The first-order valence-electron chi connectivity index (χ1n) is 6.17. The molecule has 1 aliphatic heterocycles. The SMILES string of the molecule is CCCC(CC1CSc2ccccc21)C(=O)O. The molecule has 1 N–H and O–H groups in total. The van der Waals surface area contributed by atoms with Gasteiger partial charge in [-0.2, -0.15) is 0 Å². The lowest BCUT2D eigenvalue weighted by Crippen LogP contribution is -2.17. The molecule has 2 rings (SSSR count). The Bertz CT molecular complexity index is 403. The third-order valence-electron chi connectivity index (χ3n) is 3.35. The van der Waals surface area contributed by atoms with Crippen molar-refractivity contribution in [3.63, 3.8) is 0 Å². The summed E-state index contributed by atoms with van der Waals surface area (Å²) in [7, 11) is 0. The molecule has 0 amide bonds. The fourth-order valence-electron chi connectivity index (χ4n) is 2.46. The lowest BCUT2D eigenvalue weighted by Gasteiger charge is -2.16. The molecular weight excluding hydrogens is 232 g/mol. The van der Waals surface area contributed by atoms with Crippen LogP contribution >= 0.6 is 11.8 Å². The molecule has 0 spiro atoms. The molecule has 0 aliphatic carbocycles. The van der Waals surface area contributed by atoms with Crippen molar-refractivity contribution >= 4 is 17.7 Å². The van der Waals surface area contributed by atoms with Gasteiger partial charge in [0.1, 0.15) is 0 Å². The molecule has 0 saturated heterocycles. The highest BCUT2D eigenvalue weighted by atomic mass is 32.2. The fourth-order valence-corrected chi connectivity index (χ4v) is 3.73. The summed E-state index contributed by atoms with van der Waals surface area (Å²) in [5, 5.41) is 9.21. The Balaban J connectivity index is 2.07. The van der Waals surface area contributed by atoms with Crippen LogP contribution in [0.2, 0.25) is 0 Å². The van der Waals surface area contributed by atoms with Crippen LogP contribution in [0.3, 0.4) is 0 Å². The molecule has 1 aromatic rings. The van der Waals surface area contributed by atoms with Crippen molar-refractivity contribution in [2.75, 3.05) is 5.75 Å². The standard InChI is InChI=1S/C14H18O2S/c1-2-5-10(14(15)16)8-11-9-17-13-7-4-3-6-12(11)13/h3-4,6-7,10-11H,2,5,8-9H2,1H3,(H,15,16). The zero-order valence-corrected chi connectivity index (χ0v) is 10.9. The third kappa shape index (κ3) is 2.83. The van der Waals surface area contributed by atoms with Crippen LogP contribution in [0.25, 0.3) is 0 Å². The summed E-state index contributed by atoms with van der Waals surface area (Å²) >= 11 is 1.85. The van der Waals surface area contributed by atoms with Crippen LogP contribution in [0.5, 0.6) is 0 Å². The van der Waals surface area contributed by atoms with Crippen LogP contribution in [0, 0.1) is 5.92 Å². The van der Waals surface area contributed by atoms with E-state index in [2.05, 4.69) is 18.2 Å². The average molecular weight is 250 g/mol. The van der Waals surface area contributed by atoms with Gasteiger partial charge >= 0.3 is 5.97 Å². The Morgan fingerprint density at radius 1 is 1.53 bits per heavy atom. The van der Waals surface area contributed by atoms with Crippen LogP contribution in [0.4, 0.5) is 0 Å². The topological polar surface area (TPSA) is 37.3 Å². The van der Waals surface area contributed by atoms with Crippen molar-refractivity contribution in [2.45, 2.75) is 37.0 Å². The number of benzene rings is 1. The Morgan fingerprint density at radius 2 is 2.29 bits per heavy atom. The highest BCUT2D eigenvalue weighted by molar-refractivity contribution is 7.99. The quantitative estimate of drug-likeness (QED) is 0.864. The highest BCUT2D eigenvalue weighted by Crippen LogP contribution is 2.42. The number of hydrogen-bond acceptors (Lipinski definition) is 2. The van der Waals surface area contributed by atoms with E-state index in [1.165, 1.54) is 10.5 Å². The van der Waals surface area contributed by atoms with Crippen molar-refractivity contribution < 1.29 is 9.90 Å². The second-order valence-corrected chi connectivity index (χ2v) is 5.67. The Labute approximate surface area is 106 Å². The Morgan fingerprint density at radius 3 is 3.00 bits per heavy atom. The van der Waals surface area contributed by atoms with E-state index < -0.39 is 5.97 Å². The van der Waals surface area contributed by atoms with Gasteiger partial charge in [-0.25, -0.2) is 0 Å².